The summed E-state index contributed by atoms with van der Waals surface area (Å²) in [5, 5.41) is 0. The zero-order valence-electron chi connectivity index (χ0n) is 38.0. The van der Waals surface area contributed by atoms with E-state index in [0.717, 1.165) is 116 Å². The quantitative estimate of drug-likeness (QED) is 0.0265. The second-order valence-corrected chi connectivity index (χ2v) is 15.3. The van der Waals surface area contributed by atoms with Crippen LogP contribution in [-0.4, -0.2) is 37.2 Å². The number of unbranched alkanes of at least 4 members (excludes halogenated alkanes) is 14. The fourth-order valence-corrected chi connectivity index (χ4v) is 6.08. The second-order valence-electron chi connectivity index (χ2n) is 15.3. The minimum absolute atomic E-state index is 0.103. The topological polar surface area (TPSA) is 78.9 Å². The van der Waals surface area contributed by atoms with E-state index in [1.807, 2.05) is 0 Å². The number of esters is 3. The van der Waals surface area contributed by atoms with Gasteiger partial charge < -0.3 is 14.2 Å². The lowest BCUT2D eigenvalue weighted by molar-refractivity contribution is -0.167. The average molecular weight is 819 g/mol. The molecule has 0 N–H and O–H groups in total. The van der Waals surface area contributed by atoms with Crippen LogP contribution in [0.15, 0.2) is 97.2 Å². The van der Waals surface area contributed by atoms with Crippen LogP contribution in [0.3, 0.4) is 0 Å². The third-order valence-corrected chi connectivity index (χ3v) is 9.58. The van der Waals surface area contributed by atoms with Gasteiger partial charge in [0, 0.05) is 19.3 Å². The molecule has 0 aliphatic carbocycles. The average Bonchev–Trinajstić information content (AvgIpc) is 3.23. The minimum Gasteiger partial charge on any atom is -0.462 e. The molecule has 59 heavy (non-hydrogen) atoms. The Hall–Kier alpha value is -3.67. The van der Waals surface area contributed by atoms with Crippen LogP contribution in [0.25, 0.3) is 0 Å². The second kappa shape index (κ2) is 47.0. The molecule has 1 atom stereocenters. The molecule has 0 aromatic heterocycles. The SMILES string of the molecule is CC/C=C\C/C=C\C/C=C\C/C=C\C/C=C\CCCC(=O)OCC(COC(=O)CCCCCCCCCCC)OC(=O)CCCCCCC/C=C\C/C=C\C/C=C\CC. The molecule has 0 aromatic carbocycles. The minimum atomic E-state index is -0.807. The van der Waals surface area contributed by atoms with E-state index in [2.05, 4.69) is 118 Å². The number of carbonyl (C=O) groups is 3. The number of rotatable bonds is 41. The van der Waals surface area contributed by atoms with Crippen molar-refractivity contribution >= 4 is 17.9 Å². The summed E-state index contributed by atoms with van der Waals surface area (Å²) in [7, 11) is 0. The molecular weight excluding hydrogens is 733 g/mol. The molecule has 0 aliphatic rings. The number of carbonyl (C=O) groups excluding carboxylic acids is 3. The van der Waals surface area contributed by atoms with Gasteiger partial charge in [-0.2, -0.15) is 0 Å². The molecule has 0 saturated heterocycles. The zero-order valence-corrected chi connectivity index (χ0v) is 38.0. The van der Waals surface area contributed by atoms with E-state index < -0.39 is 6.10 Å². The van der Waals surface area contributed by atoms with Crippen molar-refractivity contribution in [2.75, 3.05) is 13.2 Å². The van der Waals surface area contributed by atoms with Crippen molar-refractivity contribution in [1.29, 1.82) is 0 Å². The predicted octanol–water partition coefficient (Wildman–Crippen LogP) is 15.4. The first-order valence-corrected chi connectivity index (χ1v) is 23.7. The Labute approximate surface area is 362 Å². The third kappa shape index (κ3) is 45.3. The van der Waals surface area contributed by atoms with Crippen LogP contribution in [0.1, 0.15) is 201 Å². The van der Waals surface area contributed by atoms with E-state index in [4.69, 9.17) is 14.2 Å². The van der Waals surface area contributed by atoms with Crippen LogP contribution in [0.2, 0.25) is 0 Å². The van der Waals surface area contributed by atoms with Crippen molar-refractivity contribution in [3.05, 3.63) is 97.2 Å². The van der Waals surface area contributed by atoms with Gasteiger partial charge in [-0.25, -0.2) is 0 Å². The third-order valence-electron chi connectivity index (χ3n) is 9.58. The highest BCUT2D eigenvalue weighted by molar-refractivity contribution is 5.71. The molecule has 6 nitrogen and oxygen atoms in total. The summed E-state index contributed by atoms with van der Waals surface area (Å²) in [5.74, 6) is -0.991. The molecule has 1 unspecified atom stereocenters. The summed E-state index contributed by atoms with van der Waals surface area (Å²) < 4.78 is 16.7. The van der Waals surface area contributed by atoms with Crippen LogP contribution >= 0.6 is 0 Å². The first-order chi connectivity index (χ1) is 29.0. The van der Waals surface area contributed by atoms with E-state index >= 15 is 0 Å². The number of hydrogen-bond donors (Lipinski definition) is 0. The molecule has 0 saturated carbocycles. The molecule has 0 aliphatic heterocycles. The van der Waals surface area contributed by atoms with E-state index in [1.54, 1.807) is 0 Å². The molecule has 0 aromatic rings. The van der Waals surface area contributed by atoms with E-state index in [-0.39, 0.29) is 37.5 Å². The molecule has 0 bridgehead atoms. The van der Waals surface area contributed by atoms with E-state index in [9.17, 15) is 14.4 Å². The first-order valence-electron chi connectivity index (χ1n) is 23.7. The Bertz CT molecular complexity index is 1220. The Morgan fingerprint density at radius 2 is 0.678 bits per heavy atom. The molecule has 0 spiro atoms. The van der Waals surface area contributed by atoms with Crippen molar-refractivity contribution in [2.45, 2.75) is 207 Å². The van der Waals surface area contributed by atoms with Gasteiger partial charge in [-0.15, -0.1) is 0 Å². The van der Waals surface area contributed by atoms with Gasteiger partial charge in [-0.05, 0) is 89.9 Å². The van der Waals surface area contributed by atoms with Crippen LogP contribution in [0.5, 0.6) is 0 Å². The lowest BCUT2D eigenvalue weighted by Gasteiger charge is -2.18. The summed E-state index contributed by atoms with van der Waals surface area (Å²) in [5.41, 5.74) is 0. The summed E-state index contributed by atoms with van der Waals surface area (Å²) in [6.07, 6.45) is 61.1. The van der Waals surface area contributed by atoms with Gasteiger partial charge in [0.1, 0.15) is 13.2 Å². The fraction of sp³-hybridized carbons (Fsp3) is 0.642. The summed E-state index contributed by atoms with van der Waals surface area (Å²) >= 11 is 0. The lowest BCUT2D eigenvalue weighted by Crippen LogP contribution is -2.30. The standard InChI is InChI=1S/C53H86O6/c1-4-7-10-13-16-19-21-23-25-26-28-29-31-34-37-40-43-46-52(55)58-49-50(48-57-51(54)45-42-39-36-33-18-15-12-9-6-3)59-53(56)47-44-41-38-35-32-30-27-24-22-20-17-14-11-8-5-2/h7-8,10-11,16-17,19-20,23-25,27-29,34,37,50H,4-6,9,12-15,18,21-22,26,30-33,35-36,38-49H2,1-3H3/b10-7-,11-8-,19-16-,20-17-,25-23-,27-24-,29-28-,37-34-. The van der Waals surface area contributed by atoms with Crippen molar-refractivity contribution in [3.63, 3.8) is 0 Å². The van der Waals surface area contributed by atoms with Crippen molar-refractivity contribution in [3.8, 4) is 0 Å². The number of allylic oxidation sites excluding steroid dienone is 16. The predicted molar refractivity (Wildman–Crippen MR) is 251 cm³/mol. The largest absolute Gasteiger partial charge is 0.462 e. The summed E-state index contributed by atoms with van der Waals surface area (Å²) in [4.78, 5) is 37.8. The molecule has 6 heteroatoms. The van der Waals surface area contributed by atoms with E-state index in [0.29, 0.717) is 19.3 Å². The van der Waals surface area contributed by atoms with Crippen LogP contribution in [-0.2, 0) is 28.6 Å². The van der Waals surface area contributed by atoms with Crippen molar-refractivity contribution in [2.24, 2.45) is 0 Å². The van der Waals surface area contributed by atoms with Gasteiger partial charge >= 0.3 is 17.9 Å². The molecule has 334 valence electrons. The molecule has 0 fully saturated rings. The van der Waals surface area contributed by atoms with Gasteiger partial charge in [0.25, 0.3) is 0 Å². The number of hydrogen-bond acceptors (Lipinski definition) is 6. The molecule has 0 amide bonds. The maximum Gasteiger partial charge on any atom is 0.306 e. The number of ether oxygens (including phenoxy) is 3. The van der Waals surface area contributed by atoms with E-state index in [1.165, 1.54) is 38.5 Å². The van der Waals surface area contributed by atoms with Gasteiger partial charge in [-0.1, -0.05) is 189 Å². The zero-order chi connectivity index (χ0) is 43.0. The molecular formula is C53H86O6. The molecule has 0 radical (unpaired) electrons. The van der Waals surface area contributed by atoms with Gasteiger partial charge in [-0.3, -0.25) is 14.4 Å². The maximum absolute atomic E-state index is 12.7. The Kier molecular flexibility index (Phi) is 44.1. The van der Waals surface area contributed by atoms with Gasteiger partial charge in [0.15, 0.2) is 6.10 Å². The lowest BCUT2D eigenvalue weighted by atomic mass is 10.1. The normalized spacial score (nSPS) is 12.9. The highest BCUT2D eigenvalue weighted by Crippen LogP contribution is 2.13. The summed E-state index contributed by atoms with van der Waals surface area (Å²) in [6.45, 7) is 6.30. The fourth-order valence-electron chi connectivity index (χ4n) is 6.08. The highest BCUT2D eigenvalue weighted by atomic mass is 16.6. The molecule has 0 rings (SSSR count). The molecule has 0 heterocycles. The first kappa shape index (κ1) is 55.3. The summed E-state index contributed by atoms with van der Waals surface area (Å²) in [6, 6.07) is 0. The van der Waals surface area contributed by atoms with Gasteiger partial charge in [0.2, 0.25) is 0 Å². The monoisotopic (exact) mass is 819 g/mol. The highest BCUT2D eigenvalue weighted by Gasteiger charge is 2.19. The van der Waals surface area contributed by atoms with Crippen LogP contribution < -0.4 is 0 Å². The van der Waals surface area contributed by atoms with Crippen molar-refractivity contribution < 1.29 is 28.6 Å². The van der Waals surface area contributed by atoms with Gasteiger partial charge in [0.05, 0.1) is 0 Å². The smallest absolute Gasteiger partial charge is 0.306 e. The van der Waals surface area contributed by atoms with Crippen molar-refractivity contribution in [1.82, 2.24) is 0 Å². The maximum atomic E-state index is 12.7. The van der Waals surface area contributed by atoms with Crippen LogP contribution in [0, 0.1) is 0 Å². The Morgan fingerprint density at radius 3 is 1.10 bits per heavy atom. The Morgan fingerprint density at radius 1 is 0.356 bits per heavy atom. The Balaban J connectivity index is 4.49. The van der Waals surface area contributed by atoms with Crippen LogP contribution in [0.4, 0.5) is 0 Å².